The number of fused-ring (bicyclic) bond motifs is 6. The van der Waals surface area contributed by atoms with E-state index >= 15 is 0 Å². The lowest BCUT2D eigenvalue weighted by atomic mass is 10.0. The Morgan fingerprint density at radius 1 is 0.529 bits per heavy atom. The second-order valence-corrected chi connectivity index (χ2v) is 13.7. The molecule has 9 aromatic rings. The van der Waals surface area contributed by atoms with Crippen molar-refractivity contribution < 1.29 is 0 Å². The second-order valence-electron chi connectivity index (χ2n) is 12.7. The maximum absolute atomic E-state index is 5.12. The molecule has 0 bridgehead atoms. The van der Waals surface area contributed by atoms with Crippen molar-refractivity contribution in [3.8, 4) is 16.8 Å². The van der Waals surface area contributed by atoms with Gasteiger partial charge in [-0.05, 0) is 65.2 Å². The molecular formula is C46H34N4S. The Hall–Kier alpha value is -6.30. The van der Waals surface area contributed by atoms with Gasteiger partial charge in [-0.3, -0.25) is 9.98 Å². The fraction of sp³-hybridized carbons (Fsp3) is 0.0435. The van der Waals surface area contributed by atoms with E-state index in [0.29, 0.717) is 6.54 Å². The molecule has 0 aliphatic carbocycles. The summed E-state index contributed by atoms with van der Waals surface area (Å²) in [4.78, 5) is 9.68. The Bertz CT molecular complexity index is 2750. The highest BCUT2D eigenvalue weighted by molar-refractivity contribution is 7.25. The van der Waals surface area contributed by atoms with Crippen molar-refractivity contribution in [1.29, 1.82) is 0 Å². The van der Waals surface area contributed by atoms with Gasteiger partial charge < -0.3 is 9.88 Å². The Morgan fingerprint density at radius 2 is 1.16 bits per heavy atom. The molecule has 9 rings (SSSR count). The molecule has 51 heavy (non-hydrogen) atoms. The van der Waals surface area contributed by atoms with Gasteiger partial charge in [-0.25, -0.2) is 0 Å². The zero-order valence-electron chi connectivity index (χ0n) is 28.1. The number of thiophene rings is 1. The van der Waals surface area contributed by atoms with Crippen LogP contribution in [0.3, 0.4) is 0 Å². The number of para-hydroxylation sites is 1. The molecule has 5 heteroatoms. The first-order chi connectivity index (χ1) is 25.2. The number of nitrogens with zero attached hydrogens (tertiary/aromatic N) is 3. The molecule has 0 saturated carbocycles. The van der Waals surface area contributed by atoms with E-state index in [-0.39, 0.29) is 0 Å². The largest absolute Gasteiger partial charge is 0.325 e. The number of hydrogen-bond acceptors (Lipinski definition) is 3. The van der Waals surface area contributed by atoms with Gasteiger partial charge in [-0.2, -0.15) is 0 Å². The van der Waals surface area contributed by atoms with Gasteiger partial charge in [0.25, 0.3) is 0 Å². The van der Waals surface area contributed by atoms with Crippen LogP contribution in [-0.2, 0) is 6.54 Å². The standard InChI is InChI=1S/C46H34N4S/c1-47-45(32-14-4-2-5-15-32)49-46(33-16-6-3-7-17-33)48-30-31-13-12-18-36(27-31)50-41-21-10-8-19-37(41)39-28-34(23-25-42(39)50)35-24-26-44-40(29-35)38-20-9-11-22-43(38)51-44/h2-29H,30H2,1H3,(H,47,48,49). The van der Waals surface area contributed by atoms with E-state index in [1.807, 2.05) is 47.7 Å². The van der Waals surface area contributed by atoms with Crippen LogP contribution >= 0.6 is 11.3 Å². The van der Waals surface area contributed by atoms with Crippen molar-refractivity contribution in [1.82, 2.24) is 9.88 Å². The monoisotopic (exact) mass is 674 g/mol. The lowest BCUT2D eigenvalue weighted by Crippen LogP contribution is -2.32. The Balaban J connectivity index is 1.09. The van der Waals surface area contributed by atoms with Crippen LogP contribution in [0.15, 0.2) is 180 Å². The SMILES string of the molecule is CN=C(NC(=NCc1cccc(-n2c3ccccc3c3cc(-c4ccc5sc6ccccc6c5c4)ccc32)c1)c1ccccc1)c1ccccc1. The van der Waals surface area contributed by atoms with Gasteiger partial charge in [0, 0.05) is 54.8 Å². The summed E-state index contributed by atoms with van der Waals surface area (Å²) in [5.41, 5.74) is 9.08. The maximum atomic E-state index is 5.12. The molecular weight excluding hydrogens is 641 g/mol. The average Bonchev–Trinajstić information content (AvgIpc) is 3.74. The average molecular weight is 675 g/mol. The quantitative estimate of drug-likeness (QED) is 0.138. The summed E-state index contributed by atoms with van der Waals surface area (Å²) in [6.45, 7) is 0.512. The summed E-state index contributed by atoms with van der Waals surface area (Å²) in [7, 11) is 1.81. The van der Waals surface area contributed by atoms with Gasteiger partial charge in [0.05, 0.1) is 17.6 Å². The summed E-state index contributed by atoms with van der Waals surface area (Å²) in [6.07, 6.45) is 0. The van der Waals surface area contributed by atoms with E-state index in [2.05, 4.69) is 148 Å². The molecule has 0 unspecified atom stereocenters. The topological polar surface area (TPSA) is 41.7 Å². The molecule has 1 N–H and O–H groups in total. The third kappa shape index (κ3) is 5.78. The predicted molar refractivity (Wildman–Crippen MR) is 218 cm³/mol. The molecule has 0 amide bonds. The zero-order chi connectivity index (χ0) is 34.1. The third-order valence-electron chi connectivity index (χ3n) is 9.53. The number of hydrogen-bond donors (Lipinski definition) is 1. The fourth-order valence-electron chi connectivity index (χ4n) is 7.06. The van der Waals surface area contributed by atoms with Crippen LogP contribution in [-0.4, -0.2) is 23.3 Å². The predicted octanol–water partition coefficient (Wildman–Crippen LogP) is 11.4. The Kier molecular flexibility index (Phi) is 7.95. The van der Waals surface area contributed by atoms with E-state index in [9.17, 15) is 0 Å². The van der Waals surface area contributed by atoms with E-state index < -0.39 is 0 Å². The highest BCUT2D eigenvalue weighted by atomic mass is 32.1. The number of aliphatic imine (C=N–C) groups is 2. The van der Waals surface area contributed by atoms with Gasteiger partial charge in [-0.15, -0.1) is 11.3 Å². The molecule has 2 aromatic heterocycles. The first-order valence-electron chi connectivity index (χ1n) is 17.2. The van der Waals surface area contributed by atoms with E-state index in [1.165, 1.54) is 53.1 Å². The molecule has 0 fully saturated rings. The third-order valence-corrected chi connectivity index (χ3v) is 10.7. The summed E-state index contributed by atoms with van der Waals surface area (Å²) >= 11 is 1.86. The highest BCUT2D eigenvalue weighted by Crippen LogP contribution is 2.39. The summed E-state index contributed by atoms with van der Waals surface area (Å²) in [5.74, 6) is 1.56. The van der Waals surface area contributed by atoms with Gasteiger partial charge in [0.15, 0.2) is 0 Å². The van der Waals surface area contributed by atoms with Gasteiger partial charge >= 0.3 is 0 Å². The number of nitrogens with one attached hydrogen (secondary N) is 1. The van der Waals surface area contributed by atoms with Crippen molar-refractivity contribution in [2.24, 2.45) is 9.98 Å². The van der Waals surface area contributed by atoms with E-state index in [4.69, 9.17) is 4.99 Å². The van der Waals surface area contributed by atoms with Crippen LogP contribution in [0.5, 0.6) is 0 Å². The van der Waals surface area contributed by atoms with Crippen LogP contribution in [0.25, 0.3) is 58.8 Å². The molecule has 0 aliphatic rings. The van der Waals surface area contributed by atoms with Crippen LogP contribution < -0.4 is 5.32 Å². The number of aromatic nitrogens is 1. The lowest BCUT2D eigenvalue weighted by molar-refractivity contribution is 1.04. The van der Waals surface area contributed by atoms with Gasteiger partial charge in [0.1, 0.15) is 11.7 Å². The van der Waals surface area contributed by atoms with Crippen molar-refractivity contribution in [3.63, 3.8) is 0 Å². The summed E-state index contributed by atoms with van der Waals surface area (Å²) in [5, 5.41) is 8.65. The summed E-state index contributed by atoms with van der Waals surface area (Å²) < 4.78 is 5.03. The normalized spacial score (nSPS) is 12.3. The molecule has 0 atom stereocenters. The van der Waals surface area contributed by atoms with Gasteiger partial charge in [0.2, 0.25) is 0 Å². The van der Waals surface area contributed by atoms with E-state index in [0.717, 1.165) is 34.0 Å². The van der Waals surface area contributed by atoms with Crippen molar-refractivity contribution >= 4 is 65.0 Å². The molecule has 0 radical (unpaired) electrons. The zero-order valence-corrected chi connectivity index (χ0v) is 28.9. The Morgan fingerprint density at radius 3 is 1.94 bits per heavy atom. The van der Waals surface area contributed by atoms with E-state index in [1.54, 1.807) is 7.05 Å². The van der Waals surface area contributed by atoms with Crippen LogP contribution in [0.2, 0.25) is 0 Å². The van der Waals surface area contributed by atoms with Crippen molar-refractivity contribution in [3.05, 3.63) is 187 Å². The first-order valence-corrected chi connectivity index (χ1v) is 18.0. The molecule has 244 valence electrons. The molecule has 0 saturated heterocycles. The van der Waals surface area contributed by atoms with Crippen molar-refractivity contribution in [2.75, 3.05) is 7.05 Å². The van der Waals surface area contributed by atoms with Crippen LogP contribution in [0, 0.1) is 0 Å². The van der Waals surface area contributed by atoms with Gasteiger partial charge in [-0.1, -0.05) is 121 Å². The maximum Gasteiger partial charge on any atom is 0.134 e. The highest BCUT2D eigenvalue weighted by Gasteiger charge is 2.15. The minimum Gasteiger partial charge on any atom is -0.325 e. The fourth-order valence-corrected chi connectivity index (χ4v) is 8.15. The second kappa shape index (κ2) is 13.2. The molecule has 0 spiro atoms. The lowest BCUT2D eigenvalue weighted by Gasteiger charge is -2.14. The minimum absolute atomic E-state index is 0.512. The molecule has 4 nitrogen and oxygen atoms in total. The van der Waals surface area contributed by atoms with Crippen molar-refractivity contribution in [2.45, 2.75) is 6.54 Å². The number of rotatable bonds is 6. The van der Waals surface area contributed by atoms with Crippen LogP contribution in [0.4, 0.5) is 0 Å². The number of benzene rings is 7. The smallest absolute Gasteiger partial charge is 0.134 e. The molecule has 0 aliphatic heterocycles. The summed E-state index contributed by atoms with van der Waals surface area (Å²) in [6, 6.07) is 60.3. The number of amidine groups is 2. The minimum atomic E-state index is 0.512. The molecule has 2 heterocycles. The van der Waals surface area contributed by atoms with Crippen LogP contribution in [0.1, 0.15) is 16.7 Å². The molecule has 7 aromatic carbocycles. The Labute approximate surface area is 300 Å². The first kappa shape index (κ1) is 30.7.